The molecule has 2 aromatic carbocycles. The molecule has 0 amide bonds. The molecular weight excluding hydrogens is 295 g/mol. The van der Waals surface area contributed by atoms with E-state index in [0.717, 1.165) is 5.56 Å². The molecule has 1 aliphatic heterocycles. The van der Waals surface area contributed by atoms with E-state index in [2.05, 4.69) is 0 Å². The van der Waals surface area contributed by atoms with E-state index in [9.17, 15) is 9.50 Å². The second-order valence-electron chi connectivity index (χ2n) is 4.94. The lowest BCUT2D eigenvalue weighted by molar-refractivity contribution is 0.0654. The number of benzene rings is 2. The summed E-state index contributed by atoms with van der Waals surface area (Å²) in [5, 5.41) is 10.3. The van der Waals surface area contributed by atoms with Crippen LogP contribution in [0.2, 0.25) is 5.02 Å². The van der Waals surface area contributed by atoms with Crippen LogP contribution >= 0.6 is 11.6 Å². The lowest BCUT2D eigenvalue weighted by Gasteiger charge is -2.30. The Labute approximate surface area is 126 Å². The number of halogens is 2. The molecule has 0 spiro atoms. The molecule has 2 atom stereocenters. The predicted molar refractivity (Wildman–Crippen MR) is 77.3 cm³/mol. The summed E-state index contributed by atoms with van der Waals surface area (Å²) in [5.74, 6) is 0.793. The maximum atomic E-state index is 13.2. The Kier molecular flexibility index (Phi) is 3.74. The van der Waals surface area contributed by atoms with E-state index in [-0.39, 0.29) is 11.1 Å². The average Bonchev–Trinajstić information content (AvgIpc) is 2.49. The van der Waals surface area contributed by atoms with E-state index in [4.69, 9.17) is 21.1 Å². The Morgan fingerprint density at radius 2 is 2.10 bits per heavy atom. The molecule has 0 aliphatic carbocycles. The standard InChI is InChI=1S/C16H14ClFO3/c1-20-10-3-5-15-11(7-10)14(19)8-16(21-15)9-2-4-13(18)12(17)6-9/h2-7,14,16,19H,8H2,1H3/t14-,16?/m0/s1. The second kappa shape index (κ2) is 5.54. The summed E-state index contributed by atoms with van der Waals surface area (Å²) >= 11 is 5.80. The number of ether oxygens (including phenoxy) is 2. The van der Waals surface area contributed by atoms with E-state index in [0.29, 0.717) is 23.5 Å². The van der Waals surface area contributed by atoms with Gasteiger partial charge in [0, 0.05) is 12.0 Å². The summed E-state index contributed by atoms with van der Waals surface area (Å²) in [4.78, 5) is 0. The van der Waals surface area contributed by atoms with Gasteiger partial charge in [0.15, 0.2) is 0 Å². The van der Waals surface area contributed by atoms with Crippen LogP contribution in [0.25, 0.3) is 0 Å². The molecule has 1 unspecified atom stereocenters. The van der Waals surface area contributed by atoms with Crippen LogP contribution in [0.15, 0.2) is 36.4 Å². The number of rotatable bonds is 2. The topological polar surface area (TPSA) is 38.7 Å². The Bertz CT molecular complexity index is 675. The van der Waals surface area contributed by atoms with Crippen molar-refractivity contribution in [1.82, 2.24) is 0 Å². The molecule has 0 fully saturated rings. The van der Waals surface area contributed by atoms with Crippen LogP contribution in [0.3, 0.4) is 0 Å². The van der Waals surface area contributed by atoms with Gasteiger partial charge < -0.3 is 14.6 Å². The van der Waals surface area contributed by atoms with Crippen LogP contribution < -0.4 is 9.47 Å². The summed E-state index contributed by atoms with van der Waals surface area (Å²) in [6.07, 6.45) is -0.654. The normalized spacial score (nSPS) is 20.6. The lowest BCUT2D eigenvalue weighted by atomic mass is 9.95. The fourth-order valence-electron chi connectivity index (χ4n) is 2.47. The van der Waals surface area contributed by atoms with Crippen LogP contribution in [0.1, 0.15) is 29.8 Å². The maximum absolute atomic E-state index is 13.2. The largest absolute Gasteiger partial charge is 0.497 e. The highest BCUT2D eigenvalue weighted by atomic mass is 35.5. The summed E-state index contributed by atoms with van der Waals surface area (Å²) in [6.45, 7) is 0. The van der Waals surface area contributed by atoms with E-state index in [1.165, 1.54) is 12.1 Å². The number of aliphatic hydroxyl groups excluding tert-OH is 1. The number of fused-ring (bicyclic) bond motifs is 1. The van der Waals surface area contributed by atoms with Crippen LogP contribution in [0.4, 0.5) is 4.39 Å². The molecule has 5 heteroatoms. The lowest BCUT2D eigenvalue weighted by Crippen LogP contribution is -2.19. The predicted octanol–water partition coefficient (Wildman–Crippen LogP) is 4.04. The van der Waals surface area contributed by atoms with Crippen LogP contribution in [0, 0.1) is 5.82 Å². The third kappa shape index (κ3) is 2.69. The van der Waals surface area contributed by atoms with Crippen molar-refractivity contribution >= 4 is 11.6 Å². The van der Waals surface area contributed by atoms with Crippen molar-refractivity contribution in [2.45, 2.75) is 18.6 Å². The number of methoxy groups -OCH3 is 1. The van der Waals surface area contributed by atoms with E-state index >= 15 is 0 Å². The van der Waals surface area contributed by atoms with E-state index in [1.54, 1.807) is 31.4 Å². The first-order valence-corrected chi connectivity index (χ1v) is 6.94. The van der Waals surface area contributed by atoms with Crippen LogP contribution in [-0.4, -0.2) is 12.2 Å². The average molecular weight is 309 g/mol. The number of hydrogen-bond acceptors (Lipinski definition) is 3. The Balaban J connectivity index is 1.92. The van der Waals surface area contributed by atoms with Gasteiger partial charge in [-0.2, -0.15) is 0 Å². The highest BCUT2D eigenvalue weighted by Crippen LogP contribution is 2.42. The van der Waals surface area contributed by atoms with Crippen molar-refractivity contribution in [1.29, 1.82) is 0 Å². The molecule has 21 heavy (non-hydrogen) atoms. The van der Waals surface area contributed by atoms with Gasteiger partial charge in [0.2, 0.25) is 0 Å². The Morgan fingerprint density at radius 1 is 1.29 bits per heavy atom. The molecule has 3 rings (SSSR count). The smallest absolute Gasteiger partial charge is 0.141 e. The van der Waals surface area contributed by atoms with Crippen LogP contribution in [0.5, 0.6) is 11.5 Å². The van der Waals surface area contributed by atoms with Gasteiger partial charge >= 0.3 is 0 Å². The van der Waals surface area contributed by atoms with Crippen molar-refractivity contribution in [2.24, 2.45) is 0 Å². The highest BCUT2D eigenvalue weighted by Gasteiger charge is 2.28. The fourth-order valence-corrected chi connectivity index (χ4v) is 2.66. The summed E-state index contributed by atoms with van der Waals surface area (Å²) in [6, 6.07) is 9.74. The number of aliphatic hydroxyl groups is 1. The van der Waals surface area contributed by atoms with Crippen molar-refractivity contribution in [3.05, 3.63) is 58.4 Å². The van der Waals surface area contributed by atoms with Gasteiger partial charge in [-0.3, -0.25) is 0 Å². The monoisotopic (exact) mass is 308 g/mol. The molecule has 2 aromatic rings. The summed E-state index contributed by atoms with van der Waals surface area (Å²) in [5.41, 5.74) is 1.43. The highest BCUT2D eigenvalue weighted by molar-refractivity contribution is 6.30. The molecular formula is C16H14ClFO3. The Hall–Kier alpha value is -1.78. The first-order chi connectivity index (χ1) is 10.1. The van der Waals surface area contributed by atoms with E-state index in [1.807, 2.05) is 0 Å². The van der Waals surface area contributed by atoms with Gasteiger partial charge in [0.25, 0.3) is 0 Å². The SMILES string of the molecule is COc1ccc2c(c1)[C@@H](O)CC(c1ccc(F)c(Cl)c1)O2. The second-order valence-corrected chi connectivity index (χ2v) is 5.34. The quantitative estimate of drug-likeness (QED) is 0.910. The fraction of sp³-hybridized carbons (Fsp3) is 0.250. The number of hydrogen-bond donors (Lipinski definition) is 1. The summed E-state index contributed by atoms with van der Waals surface area (Å²) < 4.78 is 24.3. The minimum absolute atomic E-state index is 0.0473. The maximum Gasteiger partial charge on any atom is 0.141 e. The third-order valence-electron chi connectivity index (χ3n) is 3.60. The van der Waals surface area contributed by atoms with Crippen molar-refractivity contribution in [2.75, 3.05) is 7.11 Å². The first kappa shape index (κ1) is 14.2. The van der Waals surface area contributed by atoms with Crippen LogP contribution in [-0.2, 0) is 0 Å². The summed E-state index contributed by atoms with van der Waals surface area (Å²) in [7, 11) is 1.57. The molecule has 0 saturated carbocycles. The molecule has 1 N–H and O–H groups in total. The molecule has 3 nitrogen and oxygen atoms in total. The van der Waals surface area contributed by atoms with Crippen molar-refractivity contribution < 1.29 is 19.0 Å². The zero-order chi connectivity index (χ0) is 15.0. The zero-order valence-electron chi connectivity index (χ0n) is 11.3. The van der Waals surface area contributed by atoms with Crippen molar-refractivity contribution in [3.8, 4) is 11.5 Å². The minimum Gasteiger partial charge on any atom is -0.497 e. The zero-order valence-corrected chi connectivity index (χ0v) is 12.1. The molecule has 110 valence electrons. The van der Waals surface area contributed by atoms with Gasteiger partial charge in [-0.1, -0.05) is 17.7 Å². The van der Waals surface area contributed by atoms with Crippen molar-refractivity contribution in [3.63, 3.8) is 0 Å². The van der Waals surface area contributed by atoms with Gasteiger partial charge in [-0.25, -0.2) is 4.39 Å². The molecule has 0 bridgehead atoms. The van der Waals surface area contributed by atoms with Gasteiger partial charge in [-0.15, -0.1) is 0 Å². The van der Waals surface area contributed by atoms with Gasteiger partial charge in [-0.05, 0) is 35.9 Å². The van der Waals surface area contributed by atoms with E-state index < -0.39 is 11.9 Å². The first-order valence-electron chi connectivity index (χ1n) is 6.56. The molecule has 0 saturated heterocycles. The molecule has 1 heterocycles. The molecule has 0 aromatic heterocycles. The Morgan fingerprint density at radius 3 is 2.81 bits per heavy atom. The van der Waals surface area contributed by atoms with Gasteiger partial charge in [0.05, 0.1) is 18.2 Å². The minimum atomic E-state index is -0.669. The third-order valence-corrected chi connectivity index (χ3v) is 3.89. The van der Waals surface area contributed by atoms with Gasteiger partial charge in [0.1, 0.15) is 23.4 Å². The molecule has 0 radical (unpaired) electrons. The molecule has 1 aliphatic rings.